The maximum Gasteiger partial charge on any atom is 0.140 e. The van der Waals surface area contributed by atoms with Gasteiger partial charge in [0.15, 0.2) is 0 Å². The fourth-order valence-electron chi connectivity index (χ4n) is 2.62. The Hall–Kier alpha value is -1.35. The molecular weight excluding hydrogens is 198 g/mol. The molecular formula is C13H17N3. The number of fused-ring (bicyclic) bond motifs is 1. The van der Waals surface area contributed by atoms with Crippen LogP contribution in [0.4, 0.5) is 0 Å². The van der Waals surface area contributed by atoms with E-state index >= 15 is 0 Å². The van der Waals surface area contributed by atoms with Crippen molar-refractivity contribution in [1.82, 2.24) is 14.9 Å². The Morgan fingerprint density at radius 2 is 2.31 bits per heavy atom. The minimum atomic E-state index is 0.660. The maximum absolute atomic E-state index is 4.61. The minimum Gasteiger partial charge on any atom is -0.335 e. The molecule has 0 aromatic carbocycles. The van der Waals surface area contributed by atoms with Crippen LogP contribution < -0.4 is 5.32 Å². The molecule has 1 aliphatic rings. The fraction of sp³-hybridized carbons (Fsp3) is 0.462. The third-order valence-corrected chi connectivity index (χ3v) is 3.49. The predicted octanol–water partition coefficient (Wildman–Crippen LogP) is 1.96. The second-order valence-electron chi connectivity index (χ2n) is 4.71. The average Bonchev–Trinajstić information content (AvgIpc) is 2.87. The van der Waals surface area contributed by atoms with Gasteiger partial charge in [-0.25, -0.2) is 4.98 Å². The van der Waals surface area contributed by atoms with Gasteiger partial charge in [0, 0.05) is 30.9 Å². The molecule has 1 aliphatic heterocycles. The number of nitrogens with one attached hydrogen (secondary N) is 1. The first kappa shape index (κ1) is 9.85. The van der Waals surface area contributed by atoms with E-state index in [4.69, 9.17) is 0 Å². The summed E-state index contributed by atoms with van der Waals surface area (Å²) in [6.07, 6.45) is 3.49. The zero-order chi connectivity index (χ0) is 11.1. The first-order valence-corrected chi connectivity index (χ1v) is 5.89. The summed E-state index contributed by atoms with van der Waals surface area (Å²) in [5.41, 5.74) is 3.65. The highest BCUT2D eigenvalue weighted by atomic mass is 15.0. The van der Waals surface area contributed by atoms with Crippen molar-refractivity contribution in [2.24, 2.45) is 7.05 Å². The number of hydrogen-bond donors (Lipinski definition) is 1. The van der Waals surface area contributed by atoms with Crippen molar-refractivity contribution in [2.45, 2.75) is 19.3 Å². The van der Waals surface area contributed by atoms with Gasteiger partial charge in [0.25, 0.3) is 0 Å². The summed E-state index contributed by atoms with van der Waals surface area (Å²) in [4.78, 5) is 4.61. The Bertz CT molecular complexity index is 521. The lowest BCUT2D eigenvalue weighted by Crippen LogP contribution is -2.07. The summed E-state index contributed by atoms with van der Waals surface area (Å²) in [5.74, 6) is 0.660. The van der Waals surface area contributed by atoms with E-state index in [-0.39, 0.29) is 0 Å². The van der Waals surface area contributed by atoms with Gasteiger partial charge in [0.2, 0.25) is 0 Å². The lowest BCUT2D eigenvalue weighted by Gasteiger charge is -2.05. The Balaban J connectivity index is 2.18. The van der Waals surface area contributed by atoms with E-state index < -0.39 is 0 Å². The largest absolute Gasteiger partial charge is 0.335 e. The average molecular weight is 215 g/mol. The van der Waals surface area contributed by atoms with Gasteiger partial charge in [-0.2, -0.15) is 0 Å². The lowest BCUT2D eigenvalue weighted by atomic mass is 9.99. The second-order valence-corrected chi connectivity index (χ2v) is 4.71. The van der Waals surface area contributed by atoms with Crippen LogP contribution in [0.5, 0.6) is 0 Å². The summed E-state index contributed by atoms with van der Waals surface area (Å²) >= 11 is 0. The third kappa shape index (κ3) is 1.43. The van der Waals surface area contributed by atoms with E-state index in [0.717, 1.165) is 24.4 Å². The van der Waals surface area contributed by atoms with Crippen LogP contribution in [-0.4, -0.2) is 22.6 Å². The van der Waals surface area contributed by atoms with Crippen molar-refractivity contribution in [1.29, 1.82) is 0 Å². The molecule has 0 radical (unpaired) electrons. The molecule has 3 heteroatoms. The molecule has 0 bridgehead atoms. The number of nitrogens with zero attached hydrogens (tertiary/aromatic N) is 2. The molecule has 84 valence electrons. The highest BCUT2D eigenvalue weighted by molar-refractivity contribution is 5.81. The van der Waals surface area contributed by atoms with Crippen LogP contribution in [0.3, 0.4) is 0 Å². The van der Waals surface area contributed by atoms with Gasteiger partial charge in [-0.15, -0.1) is 0 Å². The van der Waals surface area contributed by atoms with Gasteiger partial charge >= 0.3 is 0 Å². The van der Waals surface area contributed by atoms with Crippen molar-refractivity contribution in [3.05, 3.63) is 29.6 Å². The van der Waals surface area contributed by atoms with Crippen LogP contribution in [0.15, 0.2) is 18.3 Å². The van der Waals surface area contributed by atoms with Crippen LogP contribution in [-0.2, 0) is 7.05 Å². The molecule has 3 heterocycles. The van der Waals surface area contributed by atoms with Crippen LogP contribution in [0.2, 0.25) is 0 Å². The maximum atomic E-state index is 4.61. The van der Waals surface area contributed by atoms with Crippen molar-refractivity contribution >= 4 is 11.0 Å². The van der Waals surface area contributed by atoms with E-state index in [2.05, 4.69) is 40.2 Å². The van der Waals surface area contributed by atoms with Gasteiger partial charge in [-0.3, -0.25) is 0 Å². The van der Waals surface area contributed by atoms with Crippen LogP contribution in [0, 0.1) is 6.92 Å². The number of aryl methyl sites for hydroxylation is 2. The first-order valence-electron chi connectivity index (χ1n) is 5.89. The van der Waals surface area contributed by atoms with E-state index in [1.54, 1.807) is 0 Å². The SMILES string of the molecule is Cc1ccc2c(C3CCNC3)cn(C)c2n1. The number of rotatable bonds is 1. The van der Waals surface area contributed by atoms with Crippen molar-refractivity contribution < 1.29 is 0 Å². The van der Waals surface area contributed by atoms with Crippen LogP contribution >= 0.6 is 0 Å². The van der Waals surface area contributed by atoms with E-state index in [1.165, 1.54) is 17.4 Å². The van der Waals surface area contributed by atoms with Crippen LogP contribution in [0.25, 0.3) is 11.0 Å². The van der Waals surface area contributed by atoms with Gasteiger partial charge in [0.1, 0.15) is 5.65 Å². The van der Waals surface area contributed by atoms with E-state index in [1.807, 2.05) is 6.92 Å². The summed E-state index contributed by atoms with van der Waals surface area (Å²) in [5, 5.41) is 4.75. The number of hydrogen-bond acceptors (Lipinski definition) is 2. The Kier molecular flexibility index (Phi) is 2.21. The molecule has 16 heavy (non-hydrogen) atoms. The van der Waals surface area contributed by atoms with Crippen molar-refractivity contribution in [3.63, 3.8) is 0 Å². The minimum absolute atomic E-state index is 0.660. The molecule has 2 aromatic heterocycles. The van der Waals surface area contributed by atoms with Gasteiger partial charge in [-0.05, 0) is 43.5 Å². The Morgan fingerprint density at radius 1 is 1.44 bits per heavy atom. The molecule has 3 nitrogen and oxygen atoms in total. The molecule has 0 aliphatic carbocycles. The van der Waals surface area contributed by atoms with E-state index in [9.17, 15) is 0 Å². The highest BCUT2D eigenvalue weighted by Crippen LogP contribution is 2.30. The third-order valence-electron chi connectivity index (χ3n) is 3.49. The molecule has 2 aromatic rings. The van der Waals surface area contributed by atoms with Crippen molar-refractivity contribution in [3.8, 4) is 0 Å². The second kappa shape index (κ2) is 3.59. The zero-order valence-corrected chi connectivity index (χ0v) is 9.83. The Morgan fingerprint density at radius 3 is 3.06 bits per heavy atom. The Labute approximate surface area is 95.5 Å². The number of aromatic nitrogens is 2. The molecule has 3 rings (SSSR count). The summed E-state index contributed by atoms with van der Waals surface area (Å²) in [7, 11) is 2.08. The molecule has 1 N–H and O–H groups in total. The van der Waals surface area contributed by atoms with Gasteiger partial charge in [-0.1, -0.05) is 0 Å². The predicted molar refractivity (Wildman–Crippen MR) is 65.7 cm³/mol. The quantitative estimate of drug-likeness (QED) is 0.788. The summed E-state index contributed by atoms with van der Waals surface area (Å²) in [6, 6.07) is 4.32. The van der Waals surface area contributed by atoms with Crippen LogP contribution in [0.1, 0.15) is 23.6 Å². The van der Waals surface area contributed by atoms with E-state index in [0.29, 0.717) is 5.92 Å². The topological polar surface area (TPSA) is 29.9 Å². The normalized spacial score (nSPS) is 20.8. The van der Waals surface area contributed by atoms with Gasteiger partial charge < -0.3 is 9.88 Å². The fourth-order valence-corrected chi connectivity index (χ4v) is 2.62. The molecule has 0 spiro atoms. The molecule has 1 unspecified atom stereocenters. The smallest absolute Gasteiger partial charge is 0.140 e. The highest BCUT2D eigenvalue weighted by Gasteiger charge is 2.20. The van der Waals surface area contributed by atoms with Gasteiger partial charge in [0.05, 0.1) is 0 Å². The number of pyridine rings is 1. The lowest BCUT2D eigenvalue weighted by molar-refractivity contribution is 0.763. The summed E-state index contributed by atoms with van der Waals surface area (Å²) in [6.45, 7) is 4.29. The molecule has 1 fully saturated rings. The molecule has 1 atom stereocenters. The molecule has 0 saturated carbocycles. The summed E-state index contributed by atoms with van der Waals surface area (Å²) < 4.78 is 2.15. The first-order chi connectivity index (χ1) is 7.75. The van der Waals surface area contributed by atoms with Crippen molar-refractivity contribution in [2.75, 3.05) is 13.1 Å². The molecule has 1 saturated heterocycles. The zero-order valence-electron chi connectivity index (χ0n) is 9.83. The standard InChI is InChI=1S/C13H17N3/c1-9-3-4-11-12(10-5-6-14-7-10)8-16(2)13(11)15-9/h3-4,8,10,14H,5-7H2,1-2H3. The molecule has 0 amide bonds. The monoisotopic (exact) mass is 215 g/mol.